The quantitative estimate of drug-likeness (QED) is 0.417. The van der Waals surface area contributed by atoms with Crippen LogP contribution in [0.2, 0.25) is 0 Å². The molecule has 0 unspecified atom stereocenters. The normalized spacial score (nSPS) is 14.0. The van der Waals surface area contributed by atoms with Crippen molar-refractivity contribution in [3.8, 4) is 39.7 Å². The van der Waals surface area contributed by atoms with Crippen molar-refractivity contribution in [3.63, 3.8) is 0 Å². The number of ether oxygens (including phenoxy) is 1. The molecule has 1 fully saturated rings. The molecule has 0 spiro atoms. The number of pyridine rings is 1. The molecular formula is C22H18F4N6O. The van der Waals surface area contributed by atoms with Crippen LogP contribution in [-0.4, -0.2) is 36.6 Å². The first kappa shape index (κ1) is 21.1. The van der Waals surface area contributed by atoms with Gasteiger partial charge in [-0.1, -0.05) is 5.21 Å². The number of nitrogens with zero attached hydrogens (tertiary/aromatic N) is 5. The highest BCUT2D eigenvalue weighted by Crippen LogP contribution is 2.37. The number of hydrogen-bond donors (Lipinski definition) is 1. The lowest BCUT2D eigenvalue weighted by atomic mass is 10.0. The van der Waals surface area contributed by atoms with Gasteiger partial charge in [-0.3, -0.25) is 10.1 Å². The fraction of sp³-hybridized carbons (Fsp3) is 0.273. The Hall–Kier alpha value is -3.76. The highest BCUT2D eigenvalue weighted by molar-refractivity contribution is 5.79. The SMILES string of the molecule is Cn1cnc(-c2cc(-c3nn[nH]c3C(F)(F)F)ccn2)c1-c1ccc(F)c(OCC2CC2)c1. The van der Waals surface area contributed by atoms with Crippen LogP contribution in [0.4, 0.5) is 17.6 Å². The Morgan fingerprint density at radius 1 is 1.09 bits per heavy atom. The minimum Gasteiger partial charge on any atom is -0.490 e. The van der Waals surface area contributed by atoms with E-state index in [1.807, 2.05) is 5.10 Å². The molecule has 1 aromatic carbocycles. The van der Waals surface area contributed by atoms with Crippen molar-refractivity contribution in [2.24, 2.45) is 13.0 Å². The van der Waals surface area contributed by atoms with E-state index >= 15 is 0 Å². The van der Waals surface area contributed by atoms with Crippen LogP contribution >= 0.6 is 0 Å². The number of benzene rings is 1. The predicted molar refractivity (Wildman–Crippen MR) is 110 cm³/mol. The number of alkyl halides is 3. The van der Waals surface area contributed by atoms with E-state index in [2.05, 4.69) is 20.3 Å². The fourth-order valence-corrected chi connectivity index (χ4v) is 3.55. The third-order valence-corrected chi connectivity index (χ3v) is 5.42. The van der Waals surface area contributed by atoms with Crippen LogP contribution in [0, 0.1) is 11.7 Å². The molecule has 5 rings (SSSR count). The van der Waals surface area contributed by atoms with Crippen molar-refractivity contribution in [2.45, 2.75) is 19.0 Å². The summed E-state index contributed by atoms with van der Waals surface area (Å²) in [7, 11) is 1.77. The van der Waals surface area contributed by atoms with Gasteiger partial charge in [-0.2, -0.15) is 13.2 Å². The van der Waals surface area contributed by atoms with Crippen LogP contribution in [0.5, 0.6) is 5.75 Å². The third kappa shape index (κ3) is 4.18. The highest BCUT2D eigenvalue weighted by Gasteiger charge is 2.37. The monoisotopic (exact) mass is 458 g/mol. The van der Waals surface area contributed by atoms with Gasteiger partial charge >= 0.3 is 6.18 Å². The number of aromatic amines is 1. The van der Waals surface area contributed by atoms with Crippen LogP contribution < -0.4 is 4.74 Å². The molecule has 4 aromatic rings. The molecule has 0 atom stereocenters. The second-order valence-electron chi connectivity index (χ2n) is 7.92. The Morgan fingerprint density at radius 3 is 2.67 bits per heavy atom. The van der Waals surface area contributed by atoms with Gasteiger partial charge in [0, 0.05) is 24.4 Å². The maximum atomic E-state index is 14.3. The van der Waals surface area contributed by atoms with Crippen molar-refractivity contribution in [2.75, 3.05) is 6.61 Å². The molecule has 3 aromatic heterocycles. The number of nitrogens with one attached hydrogen (secondary N) is 1. The van der Waals surface area contributed by atoms with Crippen LogP contribution in [0.1, 0.15) is 18.5 Å². The number of hydrogen-bond acceptors (Lipinski definition) is 5. The zero-order valence-corrected chi connectivity index (χ0v) is 17.4. The summed E-state index contributed by atoms with van der Waals surface area (Å²) in [6.07, 6.45) is 0.466. The molecule has 1 aliphatic rings. The van der Waals surface area contributed by atoms with Gasteiger partial charge in [-0.05, 0) is 49.1 Å². The lowest BCUT2D eigenvalue weighted by molar-refractivity contribution is -0.140. The van der Waals surface area contributed by atoms with Gasteiger partial charge in [0.1, 0.15) is 11.4 Å². The van der Waals surface area contributed by atoms with Gasteiger partial charge in [-0.25, -0.2) is 9.37 Å². The zero-order valence-electron chi connectivity index (χ0n) is 17.4. The Kier molecular flexibility index (Phi) is 5.10. The van der Waals surface area contributed by atoms with Crippen molar-refractivity contribution in [3.05, 3.63) is 54.4 Å². The van der Waals surface area contributed by atoms with E-state index in [4.69, 9.17) is 4.74 Å². The van der Waals surface area contributed by atoms with Crippen LogP contribution in [0.25, 0.3) is 33.9 Å². The molecule has 0 saturated heterocycles. The predicted octanol–water partition coefficient (Wildman–Crippen LogP) is 4.88. The van der Waals surface area contributed by atoms with Gasteiger partial charge < -0.3 is 9.30 Å². The van der Waals surface area contributed by atoms with Crippen molar-refractivity contribution in [1.29, 1.82) is 0 Å². The molecule has 1 N–H and O–H groups in total. The third-order valence-electron chi connectivity index (χ3n) is 5.42. The Morgan fingerprint density at radius 2 is 1.91 bits per heavy atom. The van der Waals surface area contributed by atoms with E-state index in [-0.39, 0.29) is 17.0 Å². The standard InChI is InChI=1S/C22H18F4N6O/c1-32-11-28-19(20(32)14-4-5-15(23)17(9-14)33-10-12-2-3-12)16-8-13(6-7-27-16)18-21(22(24,25)26)30-31-29-18/h4-9,11-12H,2-3,10H2,1H3,(H,29,30,31). The smallest absolute Gasteiger partial charge is 0.435 e. The molecule has 0 amide bonds. The van der Waals surface area contributed by atoms with E-state index in [0.29, 0.717) is 35.2 Å². The second kappa shape index (κ2) is 7.98. The number of rotatable bonds is 6. The van der Waals surface area contributed by atoms with Gasteiger partial charge in [0.15, 0.2) is 17.3 Å². The molecule has 1 aliphatic carbocycles. The molecule has 170 valence electrons. The van der Waals surface area contributed by atoms with Crippen LogP contribution in [0.15, 0.2) is 42.9 Å². The van der Waals surface area contributed by atoms with E-state index < -0.39 is 17.7 Å². The average Bonchev–Trinajstić information content (AvgIpc) is 3.31. The Labute approximate surface area is 185 Å². The molecule has 7 nitrogen and oxygen atoms in total. The Bertz CT molecular complexity index is 1310. The number of imidazole rings is 1. The van der Waals surface area contributed by atoms with E-state index in [1.165, 1.54) is 24.4 Å². The average molecular weight is 458 g/mol. The minimum atomic E-state index is -4.64. The van der Waals surface area contributed by atoms with Gasteiger partial charge in [-0.15, -0.1) is 5.10 Å². The maximum Gasteiger partial charge on any atom is 0.435 e. The summed E-state index contributed by atoms with van der Waals surface area (Å²) < 4.78 is 61.5. The first-order valence-corrected chi connectivity index (χ1v) is 10.2. The topological polar surface area (TPSA) is 81.5 Å². The molecule has 0 bridgehead atoms. The molecule has 1 saturated carbocycles. The summed E-state index contributed by atoms with van der Waals surface area (Å²) in [6, 6.07) is 7.40. The number of aryl methyl sites for hydroxylation is 1. The molecule has 0 aliphatic heterocycles. The maximum absolute atomic E-state index is 14.3. The minimum absolute atomic E-state index is 0.144. The lowest BCUT2D eigenvalue weighted by Gasteiger charge is -2.11. The van der Waals surface area contributed by atoms with Crippen LogP contribution in [0.3, 0.4) is 0 Å². The van der Waals surface area contributed by atoms with Gasteiger partial charge in [0.05, 0.1) is 24.3 Å². The molecule has 0 radical (unpaired) electrons. The number of aromatic nitrogens is 6. The molecule has 11 heteroatoms. The van der Waals surface area contributed by atoms with E-state index in [0.717, 1.165) is 12.8 Å². The summed E-state index contributed by atoms with van der Waals surface area (Å²) in [5.74, 6) is 0.144. The van der Waals surface area contributed by atoms with Crippen molar-refractivity contribution >= 4 is 0 Å². The number of halogens is 4. The van der Waals surface area contributed by atoms with Gasteiger partial charge in [0.2, 0.25) is 0 Å². The summed E-state index contributed by atoms with van der Waals surface area (Å²) >= 11 is 0. The van der Waals surface area contributed by atoms with Crippen molar-refractivity contribution < 1.29 is 22.3 Å². The summed E-state index contributed by atoms with van der Waals surface area (Å²) in [6.45, 7) is 0.460. The van der Waals surface area contributed by atoms with Crippen molar-refractivity contribution in [1.82, 2.24) is 29.9 Å². The zero-order chi connectivity index (χ0) is 23.2. The summed E-state index contributed by atoms with van der Waals surface area (Å²) in [5.41, 5.74) is 0.831. The van der Waals surface area contributed by atoms with Crippen LogP contribution in [-0.2, 0) is 13.2 Å². The summed E-state index contributed by atoms with van der Waals surface area (Å²) in [4.78, 5) is 8.69. The molecule has 33 heavy (non-hydrogen) atoms. The Balaban J connectivity index is 1.54. The number of H-pyrrole nitrogens is 1. The first-order chi connectivity index (χ1) is 15.8. The molecular weight excluding hydrogens is 440 g/mol. The van der Waals surface area contributed by atoms with E-state index in [9.17, 15) is 17.6 Å². The fourth-order valence-electron chi connectivity index (χ4n) is 3.55. The first-order valence-electron chi connectivity index (χ1n) is 10.2. The largest absolute Gasteiger partial charge is 0.490 e. The van der Waals surface area contributed by atoms with E-state index in [1.54, 1.807) is 30.1 Å². The summed E-state index contributed by atoms with van der Waals surface area (Å²) in [5, 5.41) is 8.81. The highest BCUT2D eigenvalue weighted by atomic mass is 19.4. The molecule has 3 heterocycles. The lowest BCUT2D eigenvalue weighted by Crippen LogP contribution is -2.07. The second-order valence-corrected chi connectivity index (χ2v) is 7.92. The van der Waals surface area contributed by atoms with Gasteiger partial charge in [0.25, 0.3) is 0 Å².